The Hall–Kier alpha value is -1.88. The lowest BCUT2D eigenvalue weighted by Gasteiger charge is -2.19. The molecule has 21 heavy (non-hydrogen) atoms. The summed E-state index contributed by atoms with van der Waals surface area (Å²) in [5, 5.41) is 14.6. The van der Waals surface area contributed by atoms with Gasteiger partial charge in [-0.25, -0.2) is 0 Å². The molecular weight excluding hydrogens is 268 g/mol. The predicted octanol–water partition coefficient (Wildman–Crippen LogP) is 0.869. The monoisotopic (exact) mass is 292 g/mol. The van der Waals surface area contributed by atoms with Gasteiger partial charge in [0.2, 0.25) is 11.8 Å². The second-order valence-corrected chi connectivity index (χ2v) is 6.07. The van der Waals surface area contributed by atoms with Crippen LogP contribution in [0.4, 0.5) is 0 Å². The van der Waals surface area contributed by atoms with Crippen molar-refractivity contribution in [1.29, 1.82) is 0 Å². The van der Waals surface area contributed by atoms with Gasteiger partial charge in [0.05, 0.1) is 19.2 Å². The standard InChI is InChI=1S/C16H24N2O3/c1-16(2,3)15(21)17-10-14(20)18-13(11-19)9-12-7-5-4-6-8-12/h4-8,13,19H,9-11H2,1-3H3,(H,17,21)(H,18,20)/t13-/m0/s1. The van der Waals surface area contributed by atoms with Crippen molar-refractivity contribution in [2.75, 3.05) is 13.2 Å². The summed E-state index contributed by atoms with van der Waals surface area (Å²) in [4.78, 5) is 23.5. The van der Waals surface area contributed by atoms with Crippen LogP contribution in [0.15, 0.2) is 30.3 Å². The number of rotatable bonds is 6. The molecule has 0 fully saturated rings. The molecule has 0 bridgehead atoms. The summed E-state index contributed by atoms with van der Waals surface area (Å²) >= 11 is 0. The minimum atomic E-state index is -0.527. The Morgan fingerprint density at radius 1 is 1.19 bits per heavy atom. The fourth-order valence-electron chi connectivity index (χ4n) is 1.76. The molecule has 5 heteroatoms. The van der Waals surface area contributed by atoms with E-state index in [4.69, 9.17) is 0 Å². The van der Waals surface area contributed by atoms with Gasteiger partial charge in [0.25, 0.3) is 0 Å². The third-order valence-corrected chi connectivity index (χ3v) is 3.00. The van der Waals surface area contributed by atoms with Gasteiger partial charge in [-0.05, 0) is 12.0 Å². The second kappa shape index (κ2) is 7.78. The van der Waals surface area contributed by atoms with Gasteiger partial charge in [-0.2, -0.15) is 0 Å². The first-order valence-electron chi connectivity index (χ1n) is 7.05. The molecule has 0 unspecified atom stereocenters. The molecule has 0 aromatic heterocycles. The molecule has 2 amide bonds. The molecule has 0 aliphatic rings. The molecule has 0 saturated carbocycles. The van der Waals surface area contributed by atoms with Crippen molar-refractivity contribution in [1.82, 2.24) is 10.6 Å². The molecule has 0 aliphatic carbocycles. The van der Waals surface area contributed by atoms with Crippen molar-refractivity contribution in [3.63, 3.8) is 0 Å². The zero-order chi connectivity index (χ0) is 15.9. The molecule has 1 rings (SSSR count). The Labute approximate surface area is 125 Å². The van der Waals surface area contributed by atoms with Crippen LogP contribution >= 0.6 is 0 Å². The summed E-state index contributed by atoms with van der Waals surface area (Å²) in [6, 6.07) is 9.26. The summed E-state index contributed by atoms with van der Waals surface area (Å²) in [6.07, 6.45) is 0.552. The maximum absolute atomic E-state index is 11.8. The van der Waals surface area contributed by atoms with E-state index in [1.54, 1.807) is 20.8 Å². The third kappa shape index (κ3) is 6.40. The Morgan fingerprint density at radius 2 is 1.81 bits per heavy atom. The lowest BCUT2D eigenvalue weighted by molar-refractivity contribution is -0.131. The van der Waals surface area contributed by atoms with Crippen molar-refractivity contribution in [2.45, 2.75) is 33.2 Å². The van der Waals surface area contributed by atoms with Gasteiger partial charge in [-0.3, -0.25) is 9.59 Å². The number of hydrogen-bond acceptors (Lipinski definition) is 3. The maximum atomic E-state index is 11.8. The molecule has 0 radical (unpaired) electrons. The van der Waals surface area contributed by atoms with Crippen molar-refractivity contribution >= 4 is 11.8 Å². The third-order valence-electron chi connectivity index (χ3n) is 3.00. The van der Waals surface area contributed by atoms with Gasteiger partial charge in [0.1, 0.15) is 0 Å². The van der Waals surface area contributed by atoms with E-state index >= 15 is 0 Å². The quantitative estimate of drug-likeness (QED) is 0.728. The number of aliphatic hydroxyl groups is 1. The van der Waals surface area contributed by atoms with Crippen LogP contribution in [-0.4, -0.2) is 36.1 Å². The SMILES string of the molecule is CC(C)(C)C(=O)NCC(=O)N[C@H](CO)Cc1ccccc1. The number of nitrogens with one attached hydrogen (secondary N) is 2. The smallest absolute Gasteiger partial charge is 0.239 e. The van der Waals surface area contributed by atoms with Gasteiger partial charge in [-0.1, -0.05) is 51.1 Å². The summed E-state index contributed by atoms with van der Waals surface area (Å²) in [5.41, 5.74) is 0.510. The van der Waals surface area contributed by atoms with Gasteiger partial charge < -0.3 is 15.7 Å². The van der Waals surface area contributed by atoms with Crippen LogP contribution < -0.4 is 10.6 Å². The van der Waals surface area contributed by atoms with Crippen molar-refractivity contribution < 1.29 is 14.7 Å². The van der Waals surface area contributed by atoms with Gasteiger partial charge in [0, 0.05) is 5.41 Å². The van der Waals surface area contributed by atoms with E-state index in [-0.39, 0.29) is 31.0 Å². The van der Waals surface area contributed by atoms with E-state index < -0.39 is 5.41 Å². The largest absolute Gasteiger partial charge is 0.394 e. The second-order valence-electron chi connectivity index (χ2n) is 6.07. The van der Waals surface area contributed by atoms with Crippen LogP contribution in [0, 0.1) is 5.41 Å². The van der Waals surface area contributed by atoms with Crippen molar-refractivity contribution in [3.8, 4) is 0 Å². The molecule has 3 N–H and O–H groups in total. The first-order chi connectivity index (χ1) is 9.82. The number of hydrogen-bond donors (Lipinski definition) is 3. The number of amides is 2. The minimum Gasteiger partial charge on any atom is -0.394 e. The average Bonchev–Trinajstić information content (AvgIpc) is 2.44. The number of carbonyl (C=O) groups excluding carboxylic acids is 2. The van der Waals surface area contributed by atoms with Crippen molar-refractivity contribution in [3.05, 3.63) is 35.9 Å². The Balaban J connectivity index is 2.43. The summed E-state index contributed by atoms with van der Waals surface area (Å²) < 4.78 is 0. The lowest BCUT2D eigenvalue weighted by Crippen LogP contribution is -2.46. The fraction of sp³-hybridized carbons (Fsp3) is 0.500. The van der Waals surface area contributed by atoms with E-state index in [1.807, 2.05) is 30.3 Å². The summed E-state index contributed by atoms with van der Waals surface area (Å²) in [7, 11) is 0. The molecule has 0 saturated heterocycles. The molecule has 1 aromatic rings. The van der Waals surface area contributed by atoms with Crippen LogP contribution in [0.5, 0.6) is 0 Å². The average molecular weight is 292 g/mol. The topological polar surface area (TPSA) is 78.4 Å². The summed E-state index contributed by atoms with van der Waals surface area (Å²) in [6.45, 7) is 5.12. The first kappa shape index (κ1) is 17.2. The Morgan fingerprint density at radius 3 is 2.33 bits per heavy atom. The molecule has 0 spiro atoms. The molecule has 1 atom stereocenters. The minimum absolute atomic E-state index is 0.0820. The Bertz CT molecular complexity index is 466. The van der Waals surface area contributed by atoms with E-state index in [1.165, 1.54) is 0 Å². The summed E-state index contributed by atoms with van der Waals surface area (Å²) in [5.74, 6) is -0.483. The van der Waals surface area contributed by atoms with Gasteiger partial charge in [0.15, 0.2) is 0 Å². The zero-order valence-corrected chi connectivity index (χ0v) is 12.8. The van der Waals surface area contributed by atoms with Crippen molar-refractivity contribution in [2.24, 2.45) is 5.41 Å². The van der Waals surface area contributed by atoms with E-state index in [0.717, 1.165) is 5.56 Å². The van der Waals surface area contributed by atoms with Crippen LogP contribution in [0.25, 0.3) is 0 Å². The van der Waals surface area contributed by atoms with Gasteiger partial charge in [-0.15, -0.1) is 0 Å². The van der Waals surface area contributed by atoms with E-state index in [0.29, 0.717) is 6.42 Å². The predicted molar refractivity (Wildman–Crippen MR) is 81.6 cm³/mol. The van der Waals surface area contributed by atoms with Crippen LogP contribution in [0.1, 0.15) is 26.3 Å². The molecular formula is C16H24N2O3. The van der Waals surface area contributed by atoms with Crippen LogP contribution in [-0.2, 0) is 16.0 Å². The highest BCUT2D eigenvalue weighted by Crippen LogP contribution is 2.11. The number of benzene rings is 1. The molecule has 5 nitrogen and oxygen atoms in total. The molecule has 0 heterocycles. The fourth-order valence-corrected chi connectivity index (χ4v) is 1.76. The molecule has 116 valence electrons. The lowest BCUT2D eigenvalue weighted by atomic mass is 9.96. The highest BCUT2D eigenvalue weighted by atomic mass is 16.3. The highest BCUT2D eigenvalue weighted by molar-refractivity contribution is 5.87. The van der Waals surface area contributed by atoms with E-state index in [2.05, 4.69) is 10.6 Å². The zero-order valence-electron chi connectivity index (χ0n) is 12.8. The van der Waals surface area contributed by atoms with Crippen LogP contribution in [0.3, 0.4) is 0 Å². The maximum Gasteiger partial charge on any atom is 0.239 e. The Kier molecular flexibility index (Phi) is 6.37. The number of carbonyl (C=O) groups is 2. The highest BCUT2D eigenvalue weighted by Gasteiger charge is 2.21. The van der Waals surface area contributed by atoms with E-state index in [9.17, 15) is 14.7 Å². The number of aliphatic hydroxyl groups excluding tert-OH is 1. The van der Waals surface area contributed by atoms with Gasteiger partial charge >= 0.3 is 0 Å². The first-order valence-corrected chi connectivity index (χ1v) is 7.05. The normalized spacial score (nSPS) is 12.6. The molecule has 0 aliphatic heterocycles. The molecule has 1 aromatic carbocycles. The van der Waals surface area contributed by atoms with Crippen LogP contribution in [0.2, 0.25) is 0 Å².